The van der Waals surface area contributed by atoms with E-state index in [2.05, 4.69) is 13.8 Å². The summed E-state index contributed by atoms with van der Waals surface area (Å²) in [6.45, 7) is 5.56. The largest absolute Gasteiger partial charge is 0.360 e. The van der Waals surface area contributed by atoms with Gasteiger partial charge in [-0.1, -0.05) is 26.0 Å². The van der Waals surface area contributed by atoms with Crippen molar-refractivity contribution in [3.63, 3.8) is 0 Å². The number of hydrogen-bond acceptors (Lipinski definition) is 3. The van der Waals surface area contributed by atoms with E-state index in [0.717, 1.165) is 0 Å². The molecule has 1 aromatic rings. The predicted octanol–water partition coefficient (Wildman–Crippen LogP) is 2.17. The van der Waals surface area contributed by atoms with Gasteiger partial charge < -0.3 is 9.64 Å². The highest BCUT2D eigenvalue weighted by Gasteiger charge is 2.24. The molecule has 0 radical (unpaired) electrons. The van der Waals surface area contributed by atoms with Gasteiger partial charge in [0.05, 0.1) is 19.2 Å². The molecule has 1 atom stereocenters. The molecular formula is C15H18N2O2. The van der Waals surface area contributed by atoms with Crippen LogP contribution in [0.25, 0.3) is 0 Å². The fraction of sp³-hybridized carbons (Fsp3) is 0.467. The third-order valence-corrected chi connectivity index (χ3v) is 3.32. The molecule has 0 spiro atoms. The fourth-order valence-electron chi connectivity index (χ4n) is 2.11. The van der Waals surface area contributed by atoms with E-state index >= 15 is 0 Å². The van der Waals surface area contributed by atoms with Crippen molar-refractivity contribution in [1.82, 2.24) is 4.90 Å². The van der Waals surface area contributed by atoms with Crippen LogP contribution in [0.2, 0.25) is 0 Å². The maximum Gasteiger partial charge on any atom is 0.254 e. The topological polar surface area (TPSA) is 53.3 Å². The lowest BCUT2D eigenvalue weighted by Gasteiger charge is -2.29. The number of amides is 1. The lowest BCUT2D eigenvalue weighted by Crippen LogP contribution is -2.45. The van der Waals surface area contributed by atoms with Crippen LogP contribution in [-0.4, -0.2) is 36.6 Å². The molecule has 0 saturated carbocycles. The zero-order valence-electron chi connectivity index (χ0n) is 11.3. The van der Waals surface area contributed by atoms with Crippen molar-refractivity contribution in [1.29, 1.82) is 5.26 Å². The monoisotopic (exact) mass is 258 g/mol. The van der Waals surface area contributed by atoms with Crippen molar-refractivity contribution in [2.75, 3.05) is 19.7 Å². The van der Waals surface area contributed by atoms with Crippen LogP contribution in [0, 0.1) is 11.3 Å². The van der Waals surface area contributed by atoms with Gasteiger partial charge in [-0.2, -0.15) is 5.26 Å². The third kappa shape index (κ3) is 3.12. The first-order valence-electron chi connectivity index (χ1n) is 6.52. The summed E-state index contributed by atoms with van der Waals surface area (Å²) in [4.78, 5) is 14.0. The maximum absolute atomic E-state index is 12.3. The van der Waals surface area contributed by atoms with E-state index in [4.69, 9.17) is 10.00 Å². The number of ether oxygens (including phenoxy) is 1. The zero-order chi connectivity index (χ0) is 13.8. The van der Waals surface area contributed by atoms with Crippen LogP contribution in [0.4, 0.5) is 0 Å². The summed E-state index contributed by atoms with van der Waals surface area (Å²) in [6.07, 6.45) is -0.507. The fourth-order valence-corrected chi connectivity index (χ4v) is 2.11. The van der Waals surface area contributed by atoms with E-state index in [9.17, 15) is 4.79 Å². The number of carbonyl (C=O) groups excluding carboxylic acids is 1. The molecule has 1 fully saturated rings. The van der Waals surface area contributed by atoms with Crippen LogP contribution in [0.1, 0.15) is 35.7 Å². The minimum Gasteiger partial charge on any atom is -0.360 e. The second kappa shape index (κ2) is 5.85. The molecular weight excluding hydrogens is 240 g/mol. The summed E-state index contributed by atoms with van der Waals surface area (Å²) in [5.74, 6) is 0.425. The van der Waals surface area contributed by atoms with Crippen molar-refractivity contribution in [3.05, 3.63) is 35.4 Å². The van der Waals surface area contributed by atoms with Crippen molar-refractivity contribution < 1.29 is 9.53 Å². The molecule has 0 N–H and O–H groups in total. The molecule has 1 aliphatic rings. The van der Waals surface area contributed by atoms with Crippen LogP contribution in [0.15, 0.2) is 24.3 Å². The average molecular weight is 258 g/mol. The molecule has 0 bridgehead atoms. The van der Waals surface area contributed by atoms with E-state index in [1.165, 1.54) is 5.56 Å². The van der Waals surface area contributed by atoms with E-state index in [1.807, 2.05) is 30.3 Å². The van der Waals surface area contributed by atoms with Crippen LogP contribution in [0.5, 0.6) is 0 Å². The number of morpholine rings is 1. The number of carbonyl (C=O) groups is 1. The highest BCUT2D eigenvalue weighted by Crippen LogP contribution is 2.16. The van der Waals surface area contributed by atoms with Crippen molar-refractivity contribution in [2.45, 2.75) is 25.9 Å². The Balaban J connectivity index is 2.09. The molecule has 19 heavy (non-hydrogen) atoms. The molecule has 4 heteroatoms. The van der Waals surface area contributed by atoms with Crippen molar-refractivity contribution in [3.8, 4) is 6.07 Å². The SMILES string of the molecule is CC(C)c1ccc(C(=O)N2CCOC(C#N)C2)cc1. The minimum absolute atomic E-state index is 0.0288. The second-order valence-electron chi connectivity index (χ2n) is 5.02. The highest BCUT2D eigenvalue weighted by atomic mass is 16.5. The van der Waals surface area contributed by atoms with Gasteiger partial charge >= 0.3 is 0 Å². The van der Waals surface area contributed by atoms with Gasteiger partial charge in [-0.15, -0.1) is 0 Å². The molecule has 0 aliphatic carbocycles. The summed E-state index contributed by atoms with van der Waals surface area (Å²) < 4.78 is 5.24. The van der Waals surface area contributed by atoms with Gasteiger partial charge in [0.2, 0.25) is 0 Å². The molecule has 100 valence electrons. The summed E-state index contributed by atoms with van der Waals surface area (Å²) in [5, 5.41) is 8.85. The molecule has 1 aliphatic heterocycles. The molecule has 1 saturated heterocycles. The van der Waals surface area contributed by atoms with Gasteiger partial charge in [-0.25, -0.2) is 0 Å². The Morgan fingerprint density at radius 1 is 1.42 bits per heavy atom. The lowest BCUT2D eigenvalue weighted by atomic mass is 10.0. The van der Waals surface area contributed by atoms with E-state index < -0.39 is 6.10 Å². The number of hydrogen-bond donors (Lipinski definition) is 0. The van der Waals surface area contributed by atoms with Gasteiger partial charge in [0.25, 0.3) is 5.91 Å². The highest BCUT2D eigenvalue weighted by molar-refractivity contribution is 5.94. The van der Waals surface area contributed by atoms with Gasteiger partial charge in [-0.3, -0.25) is 4.79 Å². The summed E-state index contributed by atoms with van der Waals surface area (Å²) in [5.41, 5.74) is 1.89. The first kappa shape index (κ1) is 13.6. The van der Waals surface area contributed by atoms with Crippen LogP contribution in [-0.2, 0) is 4.74 Å². The number of nitriles is 1. The molecule has 4 nitrogen and oxygen atoms in total. The average Bonchev–Trinajstić information content (AvgIpc) is 2.46. The molecule has 1 amide bonds. The Kier molecular flexibility index (Phi) is 4.18. The molecule has 0 aromatic heterocycles. The number of nitrogens with zero attached hydrogens (tertiary/aromatic N) is 2. The zero-order valence-corrected chi connectivity index (χ0v) is 11.3. The van der Waals surface area contributed by atoms with Gasteiger partial charge in [0.1, 0.15) is 0 Å². The maximum atomic E-state index is 12.3. The lowest BCUT2D eigenvalue weighted by molar-refractivity contribution is 0.00347. The van der Waals surface area contributed by atoms with Gasteiger partial charge in [0.15, 0.2) is 6.10 Å². The van der Waals surface area contributed by atoms with E-state index in [1.54, 1.807) is 4.90 Å². The van der Waals surface area contributed by atoms with Crippen molar-refractivity contribution in [2.24, 2.45) is 0 Å². The smallest absolute Gasteiger partial charge is 0.254 e. The second-order valence-corrected chi connectivity index (χ2v) is 5.02. The Hall–Kier alpha value is -1.86. The van der Waals surface area contributed by atoms with Crippen LogP contribution < -0.4 is 0 Å². The number of rotatable bonds is 2. The quantitative estimate of drug-likeness (QED) is 0.817. The van der Waals surface area contributed by atoms with Crippen molar-refractivity contribution >= 4 is 5.91 Å². The first-order valence-corrected chi connectivity index (χ1v) is 6.52. The van der Waals surface area contributed by atoms with Gasteiger partial charge in [0, 0.05) is 12.1 Å². The first-order chi connectivity index (χ1) is 9.11. The Bertz CT molecular complexity index is 488. The third-order valence-electron chi connectivity index (χ3n) is 3.32. The van der Waals surface area contributed by atoms with Crippen LogP contribution in [0.3, 0.4) is 0 Å². The molecule has 1 heterocycles. The molecule has 1 aromatic carbocycles. The summed E-state index contributed by atoms with van der Waals surface area (Å²) >= 11 is 0. The van der Waals surface area contributed by atoms with Gasteiger partial charge in [-0.05, 0) is 23.6 Å². The van der Waals surface area contributed by atoms with Crippen LogP contribution >= 0.6 is 0 Å². The summed E-state index contributed by atoms with van der Waals surface area (Å²) in [6, 6.07) is 9.73. The van der Waals surface area contributed by atoms with E-state index in [-0.39, 0.29) is 5.91 Å². The normalized spacial score (nSPS) is 19.3. The Morgan fingerprint density at radius 2 is 2.11 bits per heavy atom. The Morgan fingerprint density at radius 3 is 2.68 bits per heavy atom. The van der Waals surface area contributed by atoms with E-state index in [0.29, 0.717) is 31.2 Å². The standard InChI is InChI=1S/C15H18N2O2/c1-11(2)12-3-5-13(6-4-12)15(18)17-7-8-19-14(9-16)10-17/h3-6,11,14H,7-8,10H2,1-2H3. The Labute approximate surface area is 113 Å². The molecule has 2 rings (SSSR count). The minimum atomic E-state index is -0.507. The molecule has 1 unspecified atom stereocenters. The summed E-state index contributed by atoms with van der Waals surface area (Å²) in [7, 11) is 0. The number of benzene rings is 1. The predicted molar refractivity (Wildman–Crippen MR) is 71.8 cm³/mol.